The number of ether oxygens (including phenoxy) is 1. The zero-order chi connectivity index (χ0) is 13.7. The van der Waals surface area contributed by atoms with Crippen LogP contribution in [0.2, 0.25) is 0 Å². The molecule has 1 aromatic carbocycles. The standard InChI is InChI=1S/C16H20N2O/c1-12(2)19-15-5-3-4-14(11-15)16(17)10-13-6-8-18-9-7-13/h3-9,11-12,16H,10,17H2,1-2H3. The highest BCUT2D eigenvalue weighted by Gasteiger charge is 2.08. The lowest BCUT2D eigenvalue weighted by Gasteiger charge is -2.15. The van der Waals surface area contributed by atoms with Crippen molar-refractivity contribution >= 4 is 0 Å². The van der Waals surface area contributed by atoms with Gasteiger partial charge in [-0.15, -0.1) is 0 Å². The Morgan fingerprint density at radius 3 is 2.58 bits per heavy atom. The predicted octanol–water partition coefficient (Wildman–Crippen LogP) is 3.11. The van der Waals surface area contributed by atoms with Gasteiger partial charge in [0, 0.05) is 18.4 Å². The van der Waals surface area contributed by atoms with Crippen molar-refractivity contribution in [2.24, 2.45) is 5.73 Å². The highest BCUT2D eigenvalue weighted by atomic mass is 16.5. The first-order valence-corrected chi connectivity index (χ1v) is 6.56. The van der Waals surface area contributed by atoms with E-state index in [1.807, 2.05) is 50.2 Å². The number of hydrogen-bond acceptors (Lipinski definition) is 3. The Balaban J connectivity index is 2.08. The fraction of sp³-hybridized carbons (Fsp3) is 0.312. The van der Waals surface area contributed by atoms with Crippen molar-refractivity contribution in [2.45, 2.75) is 32.4 Å². The molecule has 0 bridgehead atoms. The highest BCUT2D eigenvalue weighted by Crippen LogP contribution is 2.21. The lowest BCUT2D eigenvalue weighted by atomic mass is 10.0. The number of nitrogens with two attached hydrogens (primary N) is 1. The van der Waals surface area contributed by atoms with Crippen LogP contribution in [0.25, 0.3) is 0 Å². The number of pyridine rings is 1. The summed E-state index contributed by atoms with van der Waals surface area (Å²) in [4.78, 5) is 4.01. The Morgan fingerprint density at radius 1 is 1.16 bits per heavy atom. The average molecular weight is 256 g/mol. The van der Waals surface area contributed by atoms with Gasteiger partial charge in [0.05, 0.1) is 6.10 Å². The van der Waals surface area contributed by atoms with Crippen LogP contribution in [-0.4, -0.2) is 11.1 Å². The van der Waals surface area contributed by atoms with Crippen LogP contribution in [0.3, 0.4) is 0 Å². The van der Waals surface area contributed by atoms with Crippen molar-refractivity contribution in [3.8, 4) is 5.75 Å². The average Bonchev–Trinajstić information content (AvgIpc) is 2.39. The van der Waals surface area contributed by atoms with Gasteiger partial charge in [-0.1, -0.05) is 12.1 Å². The van der Waals surface area contributed by atoms with Gasteiger partial charge in [-0.2, -0.15) is 0 Å². The van der Waals surface area contributed by atoms with Gasteiger partial charge in [-0.3, -0.25) is 4.98 Å². The Morgan fingerprint density at radius 2 is 1.89 bits per heavy atom. The van der Waals surface area contributed by atoms with E-state index in [-0.39, 0.29) is 12.1 Å². The summed E-state index contributed by atoms with van der Waals surface area (Å²) in [6.45, 7) is 4.03. The van der Waals surface area contributed by atoms with E-state index >= 15 is 0 Å². The van der Waals surface area contributed by atoms with Crippen LogP contribution in [0.15, 0.2) is 48.8 Å². The van der Waals surface area contributed by atoms with Gasteiger partial charge in [0.1, 0.15) is 5.75 Å². The summed E-state index contributed by atoms with van der Waals surface area (Å²) < 4.78 is 5.69. The molecule has 0 aliphatic rings. The van der Waals surface area contributed by atoms with E-state index < -0.39 is 0 Å². The molecule has 2 N–H and O–H groups in total. The normalized spacial score (nSPS) is 12.4. The Bertz CT molecular complexity index is 511. The number of hydrogen-bond donors (Lipinski definition) is 1. The maximum Gasteiger partial charge on any atom is 0.120 e. The molecule has 100 valence electrons. The van der Waals surface area contributed by atoms with Crippen molar-refractivity contribution in [2.75, 3.05) is 0 Å². The monoisotopic (exact) mass is 256 g/mol. The van der Waals surface area contributed by atoms with E-state index in [0.717, 1.165) is 17.7 Å². The van der Waals surface area contributed by atoms with Crippen molar-refractivity contribution in [1.29, 1.82) is 0 Å². The van der Waals surface area contributed by atoms with Crippen LogP contribution < -0.4 is 10.5 Å². The molecule has 1 aromatic heterocycles. The van der Waals surface area contributed by atoms with Crippen molar-refractivity contribution in [3.05, 3.63) is 59.9 Å². The van der Waals surface area contributed by atoms with Gasteiger partial charge in [-0.25, -0.2) is 0 Å². The van der Waals surface area contributed by atoms with Gasteiger partial charge < -0.3 is 10.5 Å². The quantitative estimate of drug-likeness (QED) is 0.894. The molecule has 0 saturated carbocycles. The minimum Gasteiger partial charge on any atom is -0.491 e. The number of benzene rings is 1. The zero-order valence-corrected chi connectivity index (χ0v) is 11.4. The second-order valence-electron chi connectivity index (χ2n) is 4.91. The molecule has 3 nitrogen and oxygen atoms in total. The minimum absolute atomic E-state index is 0.0295. The van der Waals surface area contributed by atoms with E-state index in [1.54, 1.807) is 12.4 Å². The van der Waals surface area contributed by atoms with Gasteiger partial charge >= 0.3 is 0 Å². The van der Waals surface area contributed by atoms with Crippen molar-refractivity contribution in [3.63, 3.8) is 0 Å². The van der Waals surface area contributed by atoms with Crippen molar-refractivity contribution in [1.82, 2.24) is 4.98 Å². The van der Waals surface area contributed by atoms with Gasteiger partial charge in [0.25, 0.3) is 0 Å². The first kappa shape index (κ1) is 13.6. The molecule has 0 fully saturated rings. The Kier molecular flexibility index (Phi) is 4.53. The predicted molar refractivity (Wildman–Crippen MR) is 77.1 cm³/mol. The molecular weight excluding hydrogens is 236 g/mol. The van der Waals surface area contributed by atoms with Crippen LogP contribution in [0.5, 0.6) is 5.75 Å². The second-order valence-corrected chi connectivity index (χ2v) is 4.91. The first-order chi connectivity index (χ1) is 9.15. The third-order valence-corrected chi connectivity index (χ3v) is 2.86. The molecule has 0 aliphatic carbocycles. The third kappa shape index (κ3) is 4.07. The molecule has 1 atom stereocenters. The molecular formula is C16H20N2O. The number of nitrogens with zero attached hydrogens (tertiary/aromatic N) is 1. The minimum atomic E-state index is -0.0295. The SMILES string of the molecule is CC(C)Oc1cccc(C(N)Cc2ccncc2)c1. The molecule has 0 saturated heterocycles. The summed E-state index contributed by atoms with van der Waals surface area (Å²) >= 11 is 0. The number of rotatable bonds is 5. The molecule has 0 radical (unpaired) electrons. The molecule has 2 rings (SSSR count). The summed E-state index contributed by atoms with van der Waals surface area (Å²) in [6, 6.07) is 12.0. The summed E-state index contributed by atoms with van der Waals surface area (Å²) in [7, 11) is 0. The second kappa shape index (κ2) is 6.34. The van der Waals surface area contributed by atoms with E-state index in [9.17, 15) is 0 Å². The summed E-state index contributed by atoms with van der Waals surface area (Å²) in [6.07, 6.45) is 4.56. The molecule has 1 unspecified atom stereocenters. The van der Waals surface area contributed by atoms with E-state index in [2.05, 4.69) is 4.98 Å². The number of aromatic nitrogens is 1. The fourth-order valence-corrected chi connectivity index (χ4v) is 1.98. The van der Waals surface area contributed by atoms with Crippen LogP contribution in [0, 0.1) is 0 Å². The van der Waals surface area contributed by atoms with E-state index in [0.29, 0.717) is 0 Å². The Hall–Kier alpha value is -1.87. The summed E-state index contributed by atoms with van der Waals surface area (Å²) in [5.74, 6) is 0.873. The molecule has 0 aliphatic heterocycles. The third-order valence-electron chi connectivity index (χ3n) is 2.86. The first-order valence-electron chi connectivity index (χ1n) is 6.56. The van der Waals surface area contributed by atoms with Gasteiger partial charge in [0.15, 0.2) is 0 Å². The lowest BCUT2D eigenvalue weighted by Crippen LogP contribution is -2.14. The largest absolute Gasteiger partial charge is 0.491 e. The lowest BCUT2D eigenvalue weighted by molar-refractivity contribution is 0.242. The molecule has 1 heterocycles. The molecule has 0 spiro atoms. The topological polar surface area (TPSA) is 48.1 Å². The molecule has 19 heavy (non-hydrogen) atoms. The van der Waals surface area contributed by atoms with Gasteiger partial charge in [-0.05, 0) is 55.7 Å². The van der Waals surface area contributed by atoms with Gasteiger partial charge in [0.2, 0.25) is 0 Å². The smallest absolute Gasteiger partial charge is 0.120 e. The highest BCUT2D eigenvalue weighted by molar-refractivity contribution is 5.31. The van der Waals surface area contributed by atoms with Crippen LogP contribution >= 0.6 is 0 Å². The summed E-state index contributed by atoms with van der Waals surface area (Å²) in [5.41, 5.74) is 8.54. The maximum atomic E-state index is 6.25. The van der Waals surface area contributed by atoms with E-state index in [4.69, 9.17) is 10.5 Å². The zero-order valence-electron chi connectivity index (χ0n) is 11.4. The Labute approximate surface area is 114 Å². The maximum absolute atomic E-state index is 6.25. The van der Waals surface area contributed by atoms with E-state index in [1.165, 1.54) is 5.56 Å². The van der Waals surface area contributed by atoms with Crippen molar-refractivity contribution < 1.29 is 4.74 Å². The summed E-state index contributed by atoms with van der Waals surface area (Å²) in [5, 5.41) is 0. The molecule has 2 aromatic rings. The van der Waals surface area contributed by atoms with Crippen LogP contribution in [0.4, 0.5) is 0 Å². The fourth-order valence-electron chi connectivity index (χ4n) is 1.98. The van der Waals surface area contributed by atoms with Crippen LogP contribution in [-0.2, 0) is 6.42 Å². The molecule has 0 amide bonds. The molecule has 3 heteroatoms. The van der Waals surface area contributed by atoms with Crippen LogP contribution in [0.1, 0.15) is 31.0 Å².